The maximum absolute atomic E-state index is 11.9. The summed E-state index contributed by atoms with van der Waals surface area (Å²) in [7, 11) is -2.25. The molecule has 0 aromatic carbocycles. The third kappa shape index (κ3) is 3.16. The van der Waals surface area contributed by atoms with E-state index in [1.54, 1.807) is 24.4 Å². The number of hydrogen-bond donors (Lipinski definition) is 1. The molecule has 110 valence electrons. The monoisotopic (exact) mass is 307 g/mol. The summed E-state index contributed by atoms with van der Waals surface area (Å²) >= 11 is 0. The Morgan fingerprint density at radius 3 is 2.62 bits per heavy atom. The first-order valence-corrected chi connectivity index (χ1v) is 7.74. The molecule has 2 rings (SSSR count). The fraction of sp³-hybridized carbons (Fsp3) is 0.154. The Morgan fingerprint density at radius 1 is 1.33 bits per heavy atom. The minimum atomic E-state index is -3.61. The van der Waals surface area contributed by atoms with E-state index in [0.29, 0.717) is 11.4 Å². The number of pyridine rings is 2. The van der Waals surface area contributed by atoms with Crippen molar-refractivity contribution in [3.63, 3.8) is 0 Å². The van der Waals surface area contributed by atoms with Crippen LogP contribution in [-0.2, 0) is 9.84 Å². The number of rotatable bonds is 4. The zero-order valence-corrected chi connectivity index (χ0v) is 12.2. The summed E-state index contributed by atoms with van der Waals surface area (Å²) in [6.45, 7) is 0. The second-order valence-corrected chi connectivity index (χ2v) is 6.11. The van der Waals surface area contributed by atoms with Crippen LogP contribution in [0.15, 0.2) is 40.5 Å². The second kappa shape index (κ2) is 5.88. The number of oxime groups is 1. The number of methoxy groups -OCH3 is 1. The number of hydrogen-bond acceptors (Lipinski definition) is 7. The van der Waals surface area contributed by atoms with Crippen molar-refractivity contribution in [1.29, 1.82) is 0 Å². The van der Waals surface area contributed by atoms with E-state index in [2.05, 4.69) is 15.1 Å². The number of ether oxygens (including phenoxy) is 1. The molecule has 0 fully saturated rings. The molecular weight excluding hydrogens is 294 g/mol. The first-order chi connectivity index (χ1) is 9.97. The molecule has 2 heterocycles. The quantitative estimate of drug-likeness (QED) is 0.520. The van der Waals surface area contributed by atoms with Gasteiger partial charge in [-0.2, -0.15) is 0 Å². The van der Waals surface area contributed by atoms with Gasteiger partial charge in [-0.05, 0) is 12.1 Å². The van der Waals surface area contributed by atoms with Crippen molar-refractivity contribution < 1.29 is 18.4 Å². The summed E-state index contributed by atoms with van der Waals surface area (Å²) in [5.74, 6) is 0.114. The molecule has 0 amide bonds. The van der Waals surface area contributed by atoms with Crippen molar-refractivity contribution in [2.45, 2.75) is 4.90 Å². The van der Waals surface area contributed by atoms with Gasteiger partial charge in [0.25, 0.3) is 0 Å². The first kappa shape index (κ1) is 14.9. The van der Waals surface area contributed by atoms with Gasteiger partial charge in [-0.15, -0.1) is 0 Å². The summed E-state index contributed by atoms with van der Waals surface area (Å²) < 4.78 is 28.9. The molecule has 0 aliphatic carbocycles. The molecule has 0 saturated carbocycles. The Balaban J connectivity index is 2.77. The minimum absolute atomic E-state index is 0.0139. The van der Waals surface area contributed by atoms with Gasteiger partial charge in [0.1, 0.15) is 16.3 Å². The fourth-order valence-electron chi connectivity index (χ4n) is 1.84. The molecule has 0 atom stereocenters. The molecule has 0 aliphatic rings. The van der Waals surface area contributed by atoms with E-state index in [9.17, 15) is 8.42 Å². The van der Waals surface area contributed by atoms with Gasteiger partial charge in [-0.3, -0.25) is 4.98 Å². The highest BCUT2D eigenvalue weighted by Gasteiger charge is 2.22. The molecule has 0 aliphatic heterocycles. The van der Waals surface area contributed by atoms with Crippen LogP contribution in [0.25, 0.3) is 11.4 Å². The van der Waals surface area contributed by atoms with Gasteiger partial charge >= 0.3 is 0 Å². The van der Waals surface area contributed by atoms with Crippen LogP contribution >= 0.6 is 0 Å². The normalized spacial score (nSPS) is 11.7. The highest BCUT2D eigenvalue weighted by molar-refractivity contribution is 7.90. The van der Waals surface area contributed by atoms with E-state index in [1.807, 2.05) is 0 Å². The maximum atomic E-state index is 11.9. The van der Waals surface area contributed by atoms with Crippen LogP contribution in [0.3, 0.4) is 0 Å². The van der Waals surface area contributed by atoms with Crippen molar-refractivity contribution in [3.8, 4) is 17.1 Å². The van der Waals surface area contributed by atoms with Crippen LogP contribution in [0, 0.1) is 0 Å². The lowest BCUT2D eigenvalue weighted by molar-refractivity contribution is 0.321. The van der Waals surface area contributed by atoms with Crippen LogP contribution in [0.1, 0.15) is 5.69 Å². The third-order valence-electron chi connectivity index (χ3n) is 2.66. The molecule has 2 aromatic rings. The van der Waals surface area contributed by atoms with Gasteiger partial charge in [0.05, 0.1) is 24.7 Å². The predicted octanol–water partition coefficient (Wildman–Crippen LogP) is 1.36. The summed E-state index contributed by atoms with van der Waals surface area (Å²) in [5.41, 5.74) is 0.943. The van der Waals surface area contributed by atoms with E-state index < -0.39 is 9.84 Å². The largest absolute Gasteiger partial charge is 0.495 e. The summed E-state index contributed by atoms with van der Waals surface area (Å²) in [6.07, 6.45) is 3.57. The number of nitrogens with zero attached hydrogens (tertiary/aromatic N) is 3. The van der Waals surface area contributed by atoms with Crippen molar-refractivity contribution in [1.82, 2.24) is 9.97 Å². The van der Waals surface area contributed by atoms with E-state index in [0.717, 1.165) is 12.5 Å². The van der Waals surface area contributed by atoms with Crippen molar-refractivity contribution in [2.75, 3.05) is 13.4 Å². The van der Waals surface area contributed by atoms with Gasteiger partial charge in [0, 0.05) is 18.5 Å². The first-order valence-electron chi connectivity index (χ1n) is 5.85. The van der Waals surface area contributed by atoms with Gasteiger partial charge < -0.3 is 9.94 Å². The number of aromatic nitrogens is 2. The zero-order valence-electron chi connectivity index (χ0n) is 11.4. The summed E-state index contributed by atoms with van der Waals surface area (Å²) in [4.78, 5) is 8.18. The Labute approximate surface area is 121 Å². The van der Waals surface area contributed by atoms with Gasteiger partial charge in [0.15, 0.2) is 9.84 Å². The summed E-state index contributed by atoms with van der Waals surface area (Å²) in [6, 6.07) is 6.73. The molecule has 21 heavy (non-hydrogen) atoms. The molecule has 7 nitrogen and oxygen atoms in total. The fourth-order valence-corrected chi connectivity index (χ4v) is 2.83. The molecular formula is C13H13N3O4S. The Bertz CT molecular complexity index is 774. The van der Waals surface area contributed by atoms with E-state index in [1.165, 1.54) is 13.2 Å². The SMILES string of the molecule is COc1cc(-c2ccccn2)nc(/C=N/O)c1S(C)(=O)=O. The van der Waals surface area contributed by atoms with Crippen LogP contribution in [0.2, 0.25) is 0 Å². The maximum Gasteiger partial charge on any atom is 0.181 e. The molecule has 8 heteroatoms. The van der Waals surface area contributed by atoms with E-state index in [4.69, 9.17) is 9.94 Å². The summed E-state index contributed by atoms with van der Waals surface area (Å²) in [5, 5.41) is 11.6. The predicted molar refractivity (Wildman–Crippen MR) is 76.5 cm³/mol. The van der Waals surface area contributed by atoms with Gasteiger partial charge in [-0.25, -0.2) is 13.4 Å². The molecule has 0 radical (unpaired) electrons. The Morgan fingerprint density at radius 2 is 2.10 bits per heavy atom. The Hall–Kier alpha value is -2.48. The minimum Gasteiger partial charge on any atom is -0.495 e. The standard InChI is InChI=1S/C13H13N3O4S/c1-20-12-7-10(9-5-3-4-6-14-9)16-11(8-15-17)13(12)21(2,18)19/h3-8,17H,1-2H3/b15-8+. The van der Waals surface area contributed by atoms with Crippen molar-refractivity contribution >= 4 is 16.1 Å². The van der Waals surface area contributed by atoms with Crippen molar-refractivity contribution in [3.05, 3.63) is 36.2 Å². The Kier molecular flexibility index (Phi) is 4.18. The average molecular weight is 307 g/mol. The third-order valence-corrected chi connectivity index (χ3v) is 3.82. The molecule has 0 unspecified atom stereocenters. The molecule has 0 saturated heterocycles. The lowest BCUT2D eigenvalue weighted by Gasteiger charge is -2.11. The highest BCUT2D eigenvalue weighted by atomic mass is 32.2. The molecule has 0 bridgehead atoms. The van der Waals surface area contributed by atoms with Crippen LogP contribution in [0.5, 0.6) is 5.75 Å². The van der Waals surface area contributed by atoms with Crippen LogP contribution in [-0.4, -0.2) is 43.2 Å². The molecule has 0 spiro atoms. The highest BCUT2D eigenvalue weighted by Crippen LogP contribution is 2.30. The van der Waals surface area contributed by atoms with Crippen LogP contribution in [0.4, 0.5) is 0 Å². The van der Waals surface area contributed by atoms with Crippen LogP contribution < -0.4 is 4.74 Å². The topological polar surface area (TPSA) is 102 Å². The second-order valence-electron chi connectivity index (χ2n) is 4.16. The number of sulfone groups is 1. The average Bonchev–Trinajstić information content (AvgIpc) is 2.46. The van der Waals surface area contributed by atoms with Gasteiger partial charge in [0.2, 0.25) is 0 Å². The molecule has 2 aromatic heterocycles. The molecule has 1 N–H and O–H groups in total. The van der Waals surface area contributed by atoms with E-state index in [-0.39, 0.29) is 16.3 Å². The lowest BCUT2D eigenvalue weighted by atomic mass is 10.2. The van der Waals surface area contributed by atoms with Crippen molar-refractivity contribution in [2.24, 2.45) is 5.16 Å². The van der Waals surface area contributed by atoms with Gasteiger partial charge in [-0.1, -0.05) is 11.2 Å². The smallest absolute Gasteiger partial charge is 0.181 e. The zero-order chi connectivity index (χ0) is 15.5. The van der Waals surface area contributed by atoms with E-state index >= 15 is 0 Å². The lowest BCUT2D eigenvalue weighted by Crippen LogP contribution is -2.08.